The van der Waals surface area contributed by atoms with Crippen molar-refractivity contribution < 1.29 is 14.6 Å². The number of anilines is 1. The molecule has 25 heavy (non-hydrogen) atoms. The van der Waals surface area contributed by atoms with E-state index in [1.165, 1.54) is 18.9 Å². The van der Waals surface area contributed by atoms with E-state index in [0.29, 0.717) is 23.3 Å². The highest BCUT2D eigenvalue weighted by Gasteiger charge is 2.37. The monoisotopic (exact) mass is 358 g/mol. The van der Waals surface area contributed by atoms with Gasteiger partial charge in [-0.05, 0) is 36.8 Å². The van der Waals surface area contributed by atoms with Crippen molar-refractivity contribution in [2.45, 2.75) is 30.5 Å². The second-order valence-corrected chi connectivity index (χ2v) is 6.77. The molecular weight excluding hydrogens is 340 g/mol. The van der Waals surface area contributed by atoms with E-state index in [0.717, 1.165) is 29.7 Å². The molecular formula is C17H18N4O3S. The normalized spacial score (nSPS) is 19.3. The first kappa shape index (κ1) is 16.0. The van der Waals surface area contributed by atoms with Gasteiger partial charge in [-0.25, -0.2) is 4.68 Å². The molecule has 2 aromatic rings. The molecule has 0 bridgehead atoms. The zero-order valence-corrected chi connectivity index (χ0v) is 14.8. The van der Waals surface area contributed by atoms with Crippen LogP contribution in [0.4, 0.5) is 5.95 Å². The van der Waals surface area contributed by atoms with Gasteiger partial charge in [-0.15, -0.1) is 5.10 Å². The Bertz CT molecular complexity index is 890. The number of benzene rings is 1. The lowest BCUT2D eigenvalue weighted by atomic mass is 9.85. The van der Waals surface area contributed by atoms with Gasteiger partial charge >= 0.3 is 0 Å². The predicted molar refractivity (Wildman–Crippen MR) is 94.1 cm³/mol. The molecule has 0 saturated heterocycles. The van der Waals surface area contributed by atoms with Crippen LogP contribution in [0.15, 0.2) is 34.6 Å². The first-order chi connectivity index (χ1) is 12.1. The quantitative estimate of drug-likeness (QED) is 0.816. The van der Waals surface area contributed by atoms with Crippen LogP contribution < -0.4 is 10.1 Å². The van der Waals surface area contributed by atoms with Gasteiger partial charge in [0.1, 0.15) is 6.04 Å². The number of nitrogens with one attached hydrogen (secondary N) is 1. The van der Waals surface area contributed by atoms with Gasteiger partial charge in [0.25, 0.3) is 0 Å². The van der Waals surface area contributed by atoms with Gasteiger partial charge in [-0.2, -0.15) is 4.98 Å². The maximum Gasteiger partial charge on any atom is 0.227 e. The minimum Gasteiger partial charge on any atom is -0.504 e. The summed E-state index contributed by atoms with van der Waals surface area (Å²) in [5.41, 5.74) is 2.47. The summed E-state index contributed by atoms with van der Waals surface area (Å²) in [6.45, 7) is 0. The fourth-order valence-corrected chi connectivity index (χ4v) is 3.74. The molecule has 1 atom stereocenters. The number of nitrogens with zero attached hydrogens (tertiary/aromatic N) is 3. The van der Waals surface area contributed by atoms with Crippen molar-refractivity contribution in [1.29, 1.82) is 0 Å². The fraction of sp³-hybridized carbons (Fsp3) is 0.353. The lowest BCUT2D eigenvalue weighted by Crippen LogP contribution is -2.31. The number of methoxy groups -OCH3 is 1. The number of phenolic OH excluding ortho intramolecular Hbond substituents is 1. The number of rotatable bonds is 3. The summed E-state index contributed by atoms with van der Waals surface area (Å²) >= 11 is 1.45. The molecule has 0 unspecified atom stereocenters. The molecule has 0 radical (unpaired) electrons. The second-order valence-electron chi connectivity index (χ2n) is 5.99. The first-order valence-electron chi connectivity index (χ1n) is 8.03. The number of allylic oxidation sites excluding steroid dienone is 2. The van der Waals surface area contributed by atoms with Gasteiger partial charge in [0, 0.05) is 17.7 Å². The molecule has 0 spiro atoms. The summed E-state index contributed by atoms with van der Waals surface area (Å²) in [4.78, 5) is 17.2. The number of thioether (sulfide) groups is 1. The number of aromatic hydroxyl groups is 1. The lowest BCUT2D eigenvalue weighted by molar-refractivity contribution is -0.116. The van der Waals surface area contributed by atoms with Crippen LogP contribution in [0.3, 0.4) is 0 Å². The molecule has 0 saturated carbocycles. The van der Waals surface area contributed by atoms with Crippen LogP contribution in [0.1, 0.15) is 30.9 Å². The molecule has 1 aliphatic heterocycles. The van der Waals surface area contributed by atoms with E-state index < -0.39 is 0 Å². The van der Waals surface area contributed by atoms with E-state index in [-0.39, 0.29) is 17.6 Å². The molecule has 0 fully saturated rings. The Morgan fingerprint density at radius 3 is 3.00 bits per heavy atom. The minimum atomic E-state index is -0.373. The highest BCUT2D eigenvalue weighted by atomic mass is 32.2. The van der Waals surface area contributed by atoms with Crippen molar-refractivity contribution in [1.82, 2.24) is 14.8 Å². The summed E-state index contributed by atoms with van der Waals surface area (Å²) in [6, 6.07) is 4.75. The second kappa shape index (κ2) is 6.11. The number of hydrogen-bond acceptors (Lipinski definition) is 7. The summed E-state index contributed by atoms with van der Waals surface area (Å²) in [7, 11) is 1.50. The lowest BCUT2D eigenvalue weighted by Gasteiger charge is -2.32. The first-order valence-corrected chi connectivity index (χ1v) is 9.25. The van der Waals surface area contributed by atoms with Crippen LogP contribution in [0, 0.1) is 0 Å². The molecule has 1 aromatic heterocycles. The SMILES string of the molecule is COc1cc([C@@H]2C3=C(CCCC3=O)Nc3nc(SC)nn32)ccc1O. The Morgan fingerprint density at radius 2 is 2.24 bits per heavy atom. The third kappa shape index (κ3) is 2.57. The average molecular weight is 358 g/mol. The Hall–Kier alpha value is -2.48. The van der Waals surface area contributed by atoms with Crippen molar-refractivity contribution in [2.75, 3.05) is 18.7 Å². The highest BCUT2D eigenvalue weighted by molar-refractivity contribution is 7.98. The summed E-state index contributed by atoms with van der Waals surface area (Å²) in [5.74, 6) is 1.19. The third-order valence-electron chi connectivity index (χ3n) is 4.55. The van der Waals surface area contributed by atoms with Crippen LogP contribution in [0.25, 0.3) is 0 Å². The Morgan fingerprint density at radius 1 is 1.40 bits per heavy atom. The molecule has 2 N–H and O–H groups in total. The molecule has 2 aliphatic rings. The molecule has 1 aromatic carbocycles. The number of ketones is 1. The van der Waals surface area contributed by atoms with E-state index in [1.54, 1.807) is 22.9 Å². The van der Waals surface area contributed by atoms with E-state index in [1.807, 2.05) is 6.26 Å². The maximum absolute atomic E-state index is 12.7. The number of Topliss-reactive ketones (excluding diaryl/α,β-unsaturated/α-hetero) is 1. The number of hydrogen-bond donors (Lipinski definition) is 2. The van der Waals surface area contributed by atoms with E-state index in [4.69, 9.17) is 4.74 Å². The zero-order valence-electron chi connectivity index (χ0n) is 13.9. The van der Waals surface area contributed by atoms with Crippen LogP contribution in [0.5, 0.6) is 11.5 Å². The Kier molecular flexibility index (Phi) is 3.91. The van der Waals surface area contributed by atoms with Crippen LogP contribution in [0.2, 0.25) is 0 Å². The van der Waals surface area contributed by atoms with Crippen LogP contribution in [-0.2, 0) is 4.79 Å². The summed E-state index contributed by atoms with van der Waals surface area (Å²) < 4.78 is 6.99. The van der Waals surface area contributed by atoms with Crippen molar-refractivity contribution >= 4 is 23.5 Å². The Labute approximate surface area is 149 Å². The van der Waals surface area contributed by atoms with Crippen molar-refractivity contribution in [3.05, 3.63) is 35.0 Å². The molecule has 2 heterocycles. The smallest absolute Gasteiger partial charge is 0.227 e. The van der Waals surface area contributed by atoms with Crippen LogP contribution in [-0.4, -0.2) is 39.0 Å². The third-order valence-corrected chi connectivity index (χ3v) is 5.09. The molecule has 1 aliphatic carbocycles. The molecule has 7 nitrogen and oxygen atoms in total. The predicted octanol–water partition coefficient (Wildman–Crippen LogP) is 2.74. The van der Waals surface area contributed by atoms with Gasteiger partial charge in [-0.3, -0.25) is 4.79 Å². The van der Waals surface area contributed by atoms with Crippen LogP contribution >= 0.6 is 11.8 Å². The van der Waals surface area contributed by atoms with Crippen molar-refractivity contribution in [3.63, 3.8) is 0 Å². The zero-order chi connectivity index (χ0) is 17.6. The number of aromatic nitrogens is 3. The van der Waals surface area contributed by atoms with E-state index in [2.05, 4.69) is 15.4 Å². The number of carbonyl (C=O) groups excluding carboxylic acids is 1. The highest BCUT2D eigenvalue weighted by Crippen LogP contribution is 2.42. The average Bonchev–Trinajstić information content (AvgIpc) is 3.03. The van der Waals surface area contributed by atoms with Gasteiger partial charge in [0.2, 0.25) is 11.1 Å². The molecule has 130 valence electrons. The van der Waals surface area contributed by atoms with Gasteiger partial charge in [0.15, 0.2) is 17.3 Å². The number of carbonyl (C=O) groups is 1. The van der Waals surface area contributed by atoms with Crippen molar-refractivity contribution in [3.8, 4) is 11.5 Å². The molecule has 0 amide bonds. The van der Waals surface area contributed by atoms with Gasteiger partial charge in [0.05, 0.1) is 7.11 Å². The number of fused-ring (bicyclic) bond motifs is 1. The number of phenols is 1. The fourth-order valence-electron chi connectivity index (χ4n) is 3.40. The summed E-state index contributed by atoms with van der Waals surface area (Å²) in [5, 5.41) is 18.4. The Balaban J connectivity index is 1.91. The van der Waals surface area contributed by atoms with Gasteiger partial charge < -0.3 is 15.2 Å². The standard InChI is InChI=1S/C17H18N4O3S/c1-24-13-8-9(6-7-11(13)22)15-14-10(4-3-5-12(14)23)18-16-19-17(25-2)20-21(15)16/h6-8,15,22H,3-5H2,1-2H3,(H,18,19,20)/t15-/m1/s1. The van der Waals surface area contributed by atoms with E-state index >= 15 is 0 Å². The van der Waals surface area contributed by atoms with E-state index in [9.17, 15) is 9.90 Å². The van der Waals surface area contributed by atoms with Crippen molar-refractivity contribution in [2.24, 2.45) is 0 Å². The largest absolute Gasteiger partial charge is 0.504 e. The molecule has 4 rings (SSSR count). The molecule has 8 heteroatoms. The topological polar surface area (TPSA) is 89.3 Å². The number of ether oxygens (including phenoxy) is 1. The minimum absolute atomic E-state index is 0.0629. The van der Waals surface area contributed by atoms with Gasteiger partial charge in [-0.1, -0.05) is 17.8 Å². The maximum atomic E-state index is 12.7. The summed E-state index contributed by atoms with van der Waals surface area (Å²) in [6.07, 6.45) is 4.10.